The first-order valence-corrected chi connectivity index (χ1v) is 5.88. The van der Waals surface area contributed by atoms with E-state index in [-0.39, 0.29) is 0 Å². The molecule has 4 nitrogen and oxygen atoms in total. The summed E-state index contributed by atoms with van der Waals surface area (Å²) in [5.41, 5.74) is 3.76. The van der Waals surface area contributed by atoms with Gasteiger partial charge in [-0.15, -0.1) is 0 Å². The second-order valence-corrected chi connectivity index (χ2v) is 4.29. The standard InChI is InChI=1S/C15H14N2O2/c1-10-3-5-12(6-4-10)13-9-11(2)16-14(17-13)7-8-15(18)19/h3-9H,1-2H3,(H,18,19)/b8-7+. The summed E-state index contributed by atoms with van der Waals surface area (Å²) in [6.07, 6.45) is 2.43. The summed E-state index contributed by atoms with van der Waals surface area (Å²) >= 11 is 0. The summed E-state index contributed by atoms with van der Waals surface area (Å²) in [5.74, 6) is -0.611. The summed E-state index contributed by atoms with van der Waals surface area (Å²) < 4.78 is 0. The van der Waals surface area contributed by atoms with Gasteiger partial charge in [0.1, 0.15) is 0 Å². The number of hydrogen-bond acceptors (Lipinski definition) is 3. The Balaban J connectivity index is 2.41. The highest BCUT2D eigenvalue weighted by molar-refractivity contribution is 5.84. The Kier molecular flexibility index (Phi) is 3.71. The number of nitrogens with zero attached hydrogens (tertiary/aromatic N) is 2. The molecule has 0 fully saturated rings. The minimum atomic E-state index is -1.01. The van der Waals surface area contributed by atoms with Crippen LogP contribution in [0.2, 0.25) is 0 Å². The van der Waals surface area contributed by atoms with Crippen molar-refractivity contribution in [3.05, 3.63) is 53.5 Å². The number of benzene rings is 1. The van der Waals surface area contributed by atoms with Gasteiger partial charge >= 0.3 is 5.97 Å². The molecule has 0 saturated heterocycles. The fourth-order valence-electron chi connectivity index (χ4n) is 1.68. The van der Waals surface area contributed by atoms with Crippen LogP contribution in [0.25, 0.3) is 17.3 Å². The lowest BCUT2D eigenvalue weighted by molar-refractivity contribution is -0.131. The highest BCUT2D eigenvalue weighted by Gasteiger charge is 2.03. The molecule has 0 aliphatic heterocycles. The lowest BCUT2D eigenvalue weighted by Crippen LogP contribution is -1.95. The van der Waals surface area contributed by atoms with E-state index < -0.39 is 5.97 Å². The van der Waals surface area contributed by atoms with Crippen LogP contribution in [0.1, 0.15) is 17.1 Å². The van der Waals surface area contributed by atoms with Crippen LogP contribution >= 0.6 is 0 Å². The molecule has 0 saturated carbocycles. The van der Waals surface area contributed by atoms with E-state index in [0.29, 0.717) is 5.82 Å². The zero-order valence-electron chi connectivity index (χ0n) is 10.8. The van der Waals surface area contributed by atoms with Crippen molar-refractivity contribution in [2.45, 2.75) is 13.8 Å². The van der Waals surface area contributed by atoms with Crippen LogP contribution in [0, 0.1) is 13.8 Å². The fraction of sp³-hybridized carbons (Fsp3) is 0.133. The van der Waals surface area contributed by atoms with Gasteiger partial charge < -0.3 is 5.11 Å². The molecule has 0 atom stereocenters. The van der Waals surface area contributed by atoms with Crippen LogP contribution in [0.5, 0.6) is 0 Å². The summed E-state index contributed by atoms with van der Waals surface area (Å²) in [5, 5.41) is 8.62. The van der Waals surface area contributed by atoms with Gasteiger partial charge in [0.05, 0.1) is 5.69 Å². The van der Waals surface area contributed by atoms with E-state index in [2.05, 4.69) is 9.97 Å². The molecule has 1 aromatic heterocycles. The first kappa shape index (κ1) is 13.0. The van der Waals surface area contributed by atoms with Gasteiger partial charge in [-0.1, -0.05) is 29.8 Å². The molecule has 0 radical (unpaired) electrons. The van der Waals surface area contributed by atoms with Crippen molar-refractivity contribution in [1.82, 2.24) is 9.97 Å². The van der Waals surface area contributed by atoms with E-state index >= 15 is 0 Å². The zero-order valence-corrected chi connectivity index (χ0v) is 10.8. The average molecular weight is 254 g/mol. The van der Waals surface area contributed by atoms with E-state index in [1.165, 1.54) is 11.6 Å². The number of aliphatic carboxylic acids is 1. The van der Waals surface area contributed by atoms with Crippen molar-refractivity contribution in [2.75, 3.05) is 0 Å². The minimum absolute atomic E-state index is 0.401. The zero-order chi connectivity index (χ0) is 13.8. The highest BCUT2D eigenvalue weighted by atomic mass is 16.4. The van der Waals surface area contributed by atoms with E-state index in [4.69, 9.17) is 5.11 Å². The molecule has 96 valence electrons. The Morgan fingerprint density at radius 1 is 1.16 bits per heavy atom. The molecule has 0 bridgehead atoms. The maximum atomic E-state index is 10.5. The topological polar surface area (TPSA) is 63.1 Å². The predicted molar refractivity (Wildman–Crippen MR) is 73.6 cm³/mol. The molecule has 19 heavy (non-hydrogen) atoms. The molecule has 4 heteroatoms. The van der Waals surface area contributed by atoms with E-state index in [0.717, 1.165) is 23.0 Å². The molecule has 0 spiro atoms. The normalized spacial score (nSPS) is 10.8. The van der Waals surface area contributed by atoms with E-state index in [9.17, 15) is 4.79 Å². The fourth-order valence-corrected chi connectivity index (χ4v) is 1.68. The predicted octanol–water partition coefficient (Wildman–Crippen LogP) is 2.86. The SMILES string of the molecule is Cc1ccc(-c2cc(C)nc(/C=C/C(=O)O)n2)cc1. The van der Waals surface area contributed by atoms with Gasteiger partial charge in [-0.2, -0.15) is 0 Å². The van der Waals surface area contributed by atoms with Gasteiger partial charge in [0.2, 0.25) is 0 Å². The number of hydrogen-bond donors (Lipinski definition) is 1. The van der Waals surface area contributed by atoms with E-state index in [1.54, 1.807) is 0 Å². The summed E-state index contributed by atoms with van der Waals surface area (Å²) in [6.45, 7) is 3.88. The smallest absolute Gasteiger partial charge is 0.328 e. The van der Waals surface area contributed by atoms with Crippen LogP contribution in [0.4, 0.5) is 0 Å². The molecule has 0 aliphatic rings. The molecule has 2 aromatic rings. The van der Waals surface area contributed by atoms with Crippen LogP contribution in [-0.4, -0.2) is 21.0 Å². The van der Waals surface area contributed by atoms with Crippen molar-refractivity contribution >= 4 is 12.0 Å². The molecular weight excluding hydrogens is 240 g/mol. The lowest BCUT2D eigenvalue weighted by atomic mass is 10.1. The quantitative estimate of drug-likeness (QED) is 0.855. The highest BCUT2D eigenvalue weighted by Crippen LogP contribution is 2.18. The van der Waals surface area contributed by atoms with Gasteiger partial charge in [0.25, 0.3) is 0 Å². The van der Waals surface area contributed by atoms with Crippen molar-refractivity contribution in [2.24, 2.45) is 0 Å². The summed E-state index contributed by atoms with van der Waals surface area (Å²) in [7, 11) is 0. The second-order valence-electron chi connectivity index (χ2n) is 4.29. The Morgan fingerprint density at radius 2 is 1.84 bits per heavy atom. The third-order valence-corrected chi connectivity index (χ3v) is 2.59. The van der Waals surface area contributed by atoms with Crippen molar-refractivity contribution in [3.63, 3.8) is 0 Å². The Hall–Kier alpha value is -2.49. The van der Waals surface area contributed by atoms with Crippen molar-refractivity contribution in [3.8, 4) is 11.3 Å². The second kappa shape index (κ2) is 5.44. The number of aromatic nitrogens is 2. The molecule has 1 N–H and O–H groups in total. The third-order valence-electron chi connectivity index (χ3n) is 2.59. The maximum absolute atomic E-state index is 10.5. The van der Waals surface area contributed by atoms with Crippen molar-refractivity contribution in [1.29, 1.82) is 0 Å². The van der Waals surface area contributed by atoms with Gasteiger partial charge in [0.15, 0.2) is 5.82 Å². The molecular formula is C15H14N2O2. The maximum Gasteiger partial charge on any atom is 0.328 e. The Labute approximate surface area is 111 Å². The first-order chi connectivity index (χ1) is 9.04. The van der Waals surface area contributed by atoms with Gasteiger partial charge in [-0.05, 0) is 26.0 Å². The number of aryl methyl sites for hydroxylation is 2. The van der Waals surface area contributed by atoms with Gasteiger partial charge in [-0.3, -0.25) is 0 Å². The minimum Gasteiger partial charge on any atom is -0.478 e. The summed E-state index contributed by atoms with van der Waals surface area (Å²) in [6, 6.07) is 9.88. The molecule has 1 heterocycles. The Bertz CT molecular complexity index is 631. The number of carbonyl (C=O) groups is 1. The van der Waals surface area contributed by atoms with Crippen LogP contribution in [0.3, 0.4) is 0 Å². The molecule has 0 aliphatic carbocycles. The molecule has 1 aromatic carbocycles. The van der Waals surface area contributed by atoms with Gasteiger partial charge in [0, 0.05) is 17.3 Å². The Morgan fingerprint density at radius 3 is 2.47 bits per heavy atom. The number of carboxylic acids is 1. The first-order valence-electron chi connectivity index (χ1n) is 5.88. The summed E-state index contributed by atoms with van der Waals surface area (Å²) in [4.78, 5) is 19.0. The van der Waals surface area contributed by atoms with Crippen LogP contribution < -0.4 is 0 Å². The van der Waals surface area contributed by atoms with Crippen LogP contribution in [0.15, 0.2) is 36.4 Å². The van der Waals surface area contributed by atoms with Gasteiger partial charge in [-0.25, -0.2) is 14.8 Å². The molecule has 0 unspecified atom stereocenters. The molecule has 2 rings (SSSR count). The monoisotopic (exact) mass is 254 g/mol. The van der Waals surface area contributed by atoms with Crippen molar-refractivity contribution < 1.29 is 9.90 Å². The molecule has 0 amide bonds. The average Bonchev–Trinajstić information content (AvgIpc) is 2.36. The third kappa shape index (κ3) is 3.48. The van der Waals surface area contributed by atoms with Crippen LogP contribution in [-0.2, 0) is 4.79 Å². The number of rotatable bonds is 3. The lowest BCUT2D eigenvalue weighted by Gasteiger charge is -2.04. The number of carboxylic acid groups (broad SMARTS) is 1. The largest absolute Gasteiger partial charge is 0.478 e. The van der Waals surface area contributed by atoms with E-state index in [1.807, 2.05) is 44.2 Å².